The molecule has 6 N–H and O–H groups in total. The number of hydrogen-bond acceptors (Lipinski definition) is 8. The highest BCUT2D eigenvalue weighted by molar-refractivity contribution is 9.09. The zero-order valence-corrected chi connectivity index (χ0v) is 34.2. The van der Waals surface area contributed by atoms with Crippen molar-refractivity contribution in [1.29, 1.82) is 0 Å². The molecule has 0 spiro atoms. The van der Waals surface area contributed by atoms with Crippen molar-refractivity contribution in [2.24, 2.45) is 11.1 Å². The fourth-order valence-electron chi connectivity index (χ4n) is 6.03. The normalized spacial score (nSPS) is 13.0. The quantitative estimate of drug-likeness (QED) is 0.0681. The molecule has 0 saturated carbocycles. The monoisotopic (exact) mass is 902 g/mol. The maximum atomic E-state index is 15.0. The molecule has 3 rings (SSSR count). The summed E-state index contributed by atoms with van der Waals surface area (Å²) in [6.45, 7) is 4.96. The number of carbonyl (C=O) groups excluding carboxylic acids is 4. The van der Waals surface area contributed by atoms with Crippen LogP contribution in [0.1, 0.15) is 76.6 Å². The second kappa shape index (κ2) is 23.0. The molecule has 0 aliphatic rings. The van der Waals surface area contributed by atoms with Crippen molar-refractivity contribution >= 4 is 51.2 Å². The van der Waals surface area contributed by atoms with Crippen LogP contribution in [-0.2, 0) is 35.3 Å². The SMILES string of the molecule is CC(C)(C)[C@H](c1cc(-c2cc(F)ccc2F)cn1Cc1ccccc1)N(CC[C@H](N)C(=O)NC(CCC(=O)CCCC(=O)CBr)C(=O)O)C(=O)CO.O=C(O)C(F)(F)F. The molecule has 1 aromatic heterocycles. The second-order valence-electron chi connectivity index (χ2n) is 14.6. The van der Waals surface area contributed by atoms with E-state index in [4.69, 9.17) is 15.6 Å². The summed E-state index contributed by atoms with van der Waals surface area (Å²) in [6, 6.07) is 10.8. The van der Waals surface area contributed by atoms with Crippen molar-refractivity contribution in [3.63, 3.8) is 0 Å². The second-order valence-corrected chi connectivity index (χ2v) is 15.2. The molecule has 1 heterocycles. The Hall–Kier alpha value is -5.01. The zero-order valence-electron chi connectivity index (χ0n) is 32.6. The van der Waals surface area contributed by atoms with Gasteiger partial charge in [-0.3, -0.25) is 19.2 Å². The number of carbonyl (C=O) groups is 6. The van der Waals surface area contributed by atoms with E-state index in [2.05, 4.69) is 21.2 Å². The first-order valence-corrected chi connectivity index (χ1v) is 19.4. The van der Waals surface area contributed by atoms with Gasteiger partial charge in [-0.25, -0.2) is 18.4 Å². The van der Waals surface area contributed by atoms with Crippen LogP contribution in [0.25, 0.3) is 11.1 Å². The molecule has 3 atom stereocenters. The number of ketones is 2. The smallest absolute Gasteiger partial charge is 0.480 e. The van der Waals surface area contributed by atoms with E-state index in [1.807, 2.05) is 55.7 Å². The number of aliphatic hydroxyl groups is 1. The Kier molecular flexibility index (Phi) is 19.5. The summed E-state index contributed by atoms with van der Waals surface area (Å²) in [5.74, 6) is -7.12. The Morgan fingerprint density at radius 2 is 1.51 bits per heavy atom. The average molecular weight is 904 g/mol. The highest BCUT2D eigenvalue weighted by Gasteiger charge is 2.39. The third kappa shape index (κ3) is 16.3. The number of aliphatic hydroxyl groups excluding tert-OH is 1. The molecule has 13 nitrogen and oxygen atoms in total. The van der Waals surface area contributed by atoms with E-state index in [0.717, 1.165) is 23.8 Å². The number of carboxylic acid groups (broad SMARTS) is 2. The van der Waals surface area contributed by atoms with Gasteiger partial charge in [0.1, 0.15) is 35.8 Å². The van der Waals surface area contributed by atoms with Crippen LogP contribution in [0.4, 0.5) is 22.0 Å². The van der Waals surface area contributed by atoms with Gasteiger partial charge in [0.25, 0.3) is 0 Å². The number of nitrogens with two attached hydrogens (primary N) is 1. The van der Waals surface area contributed by atoms with Crippen LogP contribution in [0.3, 0.4) is 0 Å². The van der Waals surface area contributed by atoms with Crippen LogP contribution in [-0.4, -0.2) is 96.8 Å². The molecule has 0 radical (unpaired) electrons. The molecule has 0 bridgehead atoms. The van der Waals surface area contributed by atoms with Gasteiger partial charge in [0.2, 0.25) is 11.8 Å². The van der Waals surface area contributed by atoms with Gasteiger partial charge in [0, 0.05) is 55.4 Å². The van der Waals surface area contributed by atoms with Gasteiger partial charge in [-0.1, -0.05) is 67.0 Å². The fourth-order valence-corrected chi connectivity index (χ4v) is 6.31. The number of aliphatic carboxylic acids is 2. The summed E-state index contributed by atoms with van der Waals surface area (Å²) in [5, 5.41) is 29.5. The number of benzene rings is 2. The molecule has 0 saturated heterocycles. The number of rotatable bonds is 20. The maximum absolute atomic E-state index is 15.0. The lowest BCUT2D eigenvalue weighted by atomic mass is 9.82. The van der Waals surface area contributed by atoms with E-state index in [9.17, 15) is 51.7 Å². The summed E-state index contributed by atoms with van der Waals surface area (Å²) in [5.41, 5.74) is 7.37. The van der Waals surface area contributed by atoms with E-state index in [1.165, 1.54) is 4.90 Å². The van der Waals surface area contributed by atoms with E-state index in [1.54, 1.807) is 12.3 Å². The molecule has 0 fully saturated rings. The van der Waals surface area contributed by atoms with Crippen LogP contribution in [0, 0.1) is 17.0 Å². The van der Waals surface area contributed by atoms with Crippen LogP contribution < -0.4 is 11.1 Å². The molecule has 1 unspecified atom stereocenters. The number of carboxylic acids is 2. The number of alkyl halides is 4. The lowest BCUT2D eigenvalue weighted by molar-refractivity contribution is -0.192. The molecule has 59 heavy (non-hydrogen) atoms. The Morgan fingerprint density at radius 1 is 0.898 bits per heavy atom. The van der Waals surface area contributed by atoms with Gasteiger partial charge in [0.05, 0.1) is 17.4 Å². The van der Waals surface area contributed by atoms with Crippen LogP contribution >= 0.6 is 15.9 Å². The predicted octanol–water partition coefficient (Wildman–Crippen LogP) is 5.79. The lowest BCUT2D eigenvalue weighted by Gasteiger charge is -2.41. The number of hydrogen-bond donors (Lipinski definition) is 5. The topological polar surface area (TPSA) is 209 Å². The van der Waals surface area contributed by atoms with Crippen LogP contribution in [0.5, 0.6) is 0 Å². The van der Waals surface area contributed by atoms with Gasteiger partial charge < -0.3 is 35.8 Å². The number of nitrogens with one attached hydrogen (secondary N) is 1. The van der Waals surface area contributed by atoms with Crippen LogP contribution in [0.2, 0.25) is 0 Å². The maximum Gasteiger partial charge on any atom is 0.490 e. The summed E-state index contributed by atoms with van der Waals surface area (Å²) >= 11 is 3.06. The molecule has 2 aromatic carbocycles. The number of aromatic nitrogens is 1. The van der Waals surface area contributed by atoms with Gasteiger partial charge >= 0.3 is 18.1 Å². The standard InChI is InChI=1S/C38H47BrF2N4O7.C2HF3O2/c1-38(2,3)35(33-18-25(29-19-26(40)12-14-30(29)41)22-44(33)21-24-8-5-4-6-9-24)45(34(49)23-46)17-16-31(42)36(50)43-32(37(51)52)15-13-27(47)10-7-11-28(48)20-39;3-2(4,5)1(6)7/h4-6,8-9,12,14,18-19,22,31-32,35,46H,7,10-11,13,15-17,20-21,23,42H2,1-3H3,(H,43,50)(H,51,52);(H,6,7)/t31-,32?,35-;/m0./s1. The highest BCUT2D eigenvalue weighted by Crippen LogP contribution is 2.41. The lowest BCUT2D eigenvalue weighted by Crippen LogP contribution is -2.50. The molecule has 0 aliphatic carbocycles. The van der Waals surface area contributed by atoms with Crippen molar-refractivity contribution in [1.82, 2.24) is 14.8 Å². The Morgan fingerprint density at radius 3 is 2.05 bits per heavy atom. The van der Waals surface area contributed by atoms with E-state index in [-0.39, 0.29) is 61.1 Å². The first kappa shape index (κ1) is 50.1. The van der Waals surface area contributed by atoms with Crippen molar-refractivity contribution in [3.05, 3.63) is 83.7 Å². The number of halogens is 6. The minimum atomic E-state index is -5.08. The number of nitrogens with zero attached hydrogens (tertiary/aromatic N) is 2. The molecule has 3 aromatic rings. The number of Topliss-reactive ketones (excluding diaryl/α,β-unsaturated/α-hetero) is 2. The molecule has 19 heteroatoms. The summed E-state index contributed by atoms with van der Waals surface area (Å²) in [4.78, 5) is 72.5. The Bertz CT molecular complexity index is 1920. The van der Waals surface area contributed by atoms with E-state index in [0.29, 0.717) is 24.2 Å². The Balaban J connectivity index is 0.00000157. The van der Waals surface area contributed by atoms with Gasteiger partial charge in [-0.05, 0) is 54.5 Å². The highest BCUT2D eigenvalue weighted by atomic mass is 79.9. The first-order chi connectivity index (χ1) is 27.5. The Labute approximate surface area is 345 Å². The third-order valence-electron chi connectivity index (χ3n) is 8.88. The van der Waals surface area contributed by atoms with Gasteiger partial charge in [-0.2, -0.15) is 13.2 Å². The van der Waals surface area contributed by atoms with Crippen molar-refractivity contribution in [3.8, 4) is 11.1 Å². The predicted molar refractivity (Wildman–Crippen MR) is 209 cm³/mol. The molecule has 0 aliphatic heterocycles. The zero-order chi connectivity index (χ0) is 44.7. The van der Waals surface area contributed by atoms with Gasteiger partial charge in [0.15, 0.2) is 0 Å². The number of amides is 2. The van der Waals surface area contributed by atoms with E-state index >= 15 is 4.39 Å². The van der Waals surface area contributed by atoms with E-state index < -0.39 is 71.7 Å². The van der Waals surface area contributed by atoms with Crippen molar-refractivity contribution < 1.29 is 66.0 Å². The third-order valence-corrected chi connectivity index (χ3v) is 9.51. The van der Waals surface area contributed by atoms with Crippen molar-refractivity contribution in [2.45, 2.75) is 90.1 Å². The molecule has 324 valence electrons. The first-order valence-electron chi connectivity index (χ1n) is 18.3. The van der Waals surface area contributed by atoms with Crippen LogP contribution in [0.15, 0.2) is 60.8 Å². The fraction of sp³-hybridized carbons (Fsp3) is 0.450. The average Bonchev–Trinajstić information content (AvgIpc) is 3.56. The minimum Gasteiger partial charge on any atom is -0.480 e. The summed E-state index contributed by atoms with van der Waals surface area (Å²) in [6.07, 6.45) is -3.14. The largest absolute Gasteiger partial charge is 0.490 e. The summed E-state index contributed by atoms with van der Waals surface area (Å²) in [7, 11) is 0. The molecule has 2 amide bonds. The minimum absolute atomic E-state index is 0.0268. The van der Waals surface area contributed by atoms with Crippen molar-refractivity contribution in [2.75, 3.05) is 18.5 Å². The molecular weight excluding hydrogens is 855 g/mol. The molecular formula is C40H48BrF5N4O9. The summed E-state index contributed by atoms with van der Waals surface area (Å²) < 4.78 is 62.9. The van der Waals surface area contributed by atoms with Gasteiger partial charge in [-0.15, -0.1) is 0 Å².